The Labute approximate surface area is 126 Å². The van der Waals surface area contributed by atoms with Gasteiger partial charge in [-0.3, -0.25) is 9.78 Å². The van der Waals surface area contributed by atoms with Crippen molar-refractivity contribution in [2.24, 2.45) is 17.1 Å². The molecule has 0 aliphatic carbocycles. The smallest absolute Gasteiger partial charge is 0.252 e. The lowest BCUT2D eigenvalue weighted by Crippen LogP contribution is -2.42. The predicted octanol–water partition coefficient (Wildman–Crippen LogP) is 2.43. The molecule has 1 aromatic heterocycles. The number of nitrogens with one attached hydrogen (secondary N) is 1. The lowest BCUT2D eigenvalue weighted by molar-refractivity contribution is -0.0814. The molecule has 0 aromatic carbocycles. The summed E-state index contributed by atoms with van der Waals surface area (Å²) in [6.07, 6.45) is 5.60. The number of anilines is 1. The SMILES string of the molecule is CC(C)(C)C1OCCCC1CNc1ccncc1C(N)=O. The minimum atomic E-state index is -0.460. The number of amides is 1. The summed E-state index contributed by atoms with van der Waals surface area (Å²) in [5.74, 6) is -0.0366. The fourth-order valence-corrected chi connectivity index (χ4v) is 3.00. The summed E-state index contributed by atoms with van der Waals surface area (Å²) in [4.78, 5) is 15.4. The highest BCUT2D eigenvalue weighted by Crippen LogP contribution is 2.34. The third-order valence-electron chi connectivity index (χ3n) is 3.94. The summed E-state index contributed by atoms with van der Waals surface area (Å²) in [5.41, 5.74) is 6.66. The van der Waals surface area contributed by atoms with Crippen molar-refractivity contribution in [3.63, 3.8) is 0 Å². The van der Waals surface area contributed by atoms with Gasteiger partial charge >= 0.3 is 0 Å². The number of carbonyl (C=O) groups is 1. The molecule has 1 amide bonds. The molecular formula is C16H25N3O2. The highest BCUT2D eigenvalue weighted by atomic mass is 16.5. The molecule has 116 valence electrons. The first-order valence-corrected chi connectivity index (χ1v) is 7.49. The molecule has 1 aromatic rings. The van der Waals surface area contributed by atoms with Crippen LogP contribution in [0.25, 0.3) is 0 Å². The Balaban J connectivity index is 2.06. The standard InChI is InChI=1S/C16H25N3O2/c1-16(2,3)14-11(5-4-8-21-14)9-19-13-6-7-18-10-12(13)15(17)20/h6-7,10-11,14H,4-5,8-9H2,1-3H3,(H2,17,20)(H,18,19). The van der Waals surface area contributed by atoms with Gasteiger partial charge < -0.3 is 15.8 Å². The van der Waals surface area contributed by atoms with Crippen molar-refractivity contribution in [1.82, 2.24) is 4.98 Å². The van der Waals surface area contributed by atoms with E-state index < -0.39 is 5.91 Å². The van der Waals surface area contributed by atoms with Gasteiger partial charge in [0.1, 0.15) is 0 Å². The van der Waals surface area contributed by atoms with Gasteiger partial charge in [-0.25, -0.2) is 0 Å². The van der Waals surface area contributed by atoms with E-state index >= 15 is 0 Å². The van der Waals surface area contributed by atoms with Crippen molar-refractivity contribution in [3.05, 3.63) is 24.0 Å². The van der Waals surface area contributed by atoms with Crippen molar-refractivity contribution < 1.29 is 9.53 Å². The van der Waals surface area contributed by atoms with Gasteiger partial charge in [0, 0.05) is 31.5 Å². The first kappa shape index (κ1) is 15.8. The average molecular weight is 291 g/mol. The van der Waals surface area contributed by atoms with Gasteiger partial charge in [-0.2, -0.15) is 0 Å². The van der Waals surface area contributed by atoms with Crippen molar-refractivity contribution >= 4 is 11.6 Å². The molecule has 1 fully saturated rings. The minimum absolute atomic E-state index is 0.109. The average Bonchev–Trinajstić information content (AvgIpc) is 2.44. The Morgan fingerprint density at radius 2 is 2.29 bits per heavy atom. The van der Waals surface area contributed by atoms with E-state index in [-0.39, 0.29) is 11.5 Å². The van der Waals surface area contributed by atoms with E-state index in [0.717, 1.165) is 31.7 Å². The molecule has 0 spiro atoms. The van der Waals surface area contributed by atoms with Crippen molar-refractivity contribution in [2.45, 2.75) is 39.7 Å². The zero-order valence-electron chi connectivity index (χ0n) is 13.1. The Kier molecular flexibility index (Phi) is 4.83. The molecule has 2 heterocycles. The summed E-state index contributed by atoms with van der Waals surface area (Å²) >= 11 is 0. The molecular weight excluding hydrogens is 266 g/mol. The molecule has 0 bridgehead atoms. The molecule has 5 heteroatoms. The maximum Gasteiger partial charge on any atom is 0.252 e. The molecule has 21 heavy (non-hydrogen) atoms. The zero-order valence-corrected chi connectivity index (χ0v) is 13.1. The molecule has 1 aliphatic rings. The topological polar surface area (TPSA) is 77.2 Å². The molecule has 2 atom stereocenters. The van der Waals surface area contributed by atoms with Crippen LogP contribution in [0, 0.1) is 11.3 Å². The van der Waals surface area contributed by atoms with Crippen molar-refractivity contribution in [3.8, 4) is 0 Å². The summed E-state index contributed by atoms with van der Waals surface area (Å²) in [7, 11) is 0. The fraction of sp³-hybridized carbons (Fsp3) is 0.625. The Morgan fingerprint density at radius 1 is 1.52 bits per heavy atom. The maximum atomic E-state index is 11.4. The molecule has 1 aliphatic heterocycles. The van der Waals surface area contributed by atoms with Crippen LogP contribution in [0.2, 0.25) is 0 Å². The summed E-state index contributed by atoms with van der Waals surface area (Å²) < 4.78 is 5.98. The van der Waals surface area contributed by atoms with Crippen molar-refractivity contribution in [1.29, 1.82) is 0 Å². The van der Waals surface area contributed by atoms with Crippen LogP contribution in [0.15, 0.2) is 18.5 Å². The van der Waals surface area contributed by atoms with Gasteiger partial charge in [-0.05, 0) is 24.3 Å². The monoisotopic (exact) mass is 291 g/mol. The van der Waals surface area contributed by atoms with Gasteiger partial charge in [0.2, 0.25) is 0 Å². The second kappa shape index (κ2) is 6.43. The van der Waals surface area contributed by atoms with E-state index in [0.29, 0.717) is 11.5 Å². The van der Waals surface area contributed by atoms with E-state index in [4.69, 9.17) is 10.5 Å². The molecule has 2 rings (SSSR count). The Hall–Kier alpha value is -1.62. The third-order valence-corrected chi connectivity index (χ3v) is 3.94. The maximum absolute atomic E-state index is 11.4. The van der Waals surface area contributed by atoms with E-state index in [1.165, 1.54) is 6.20 Å². The summed E-state index contributed by atoms with van der Waals surface area (Å²) in [5, 5.41) is 3.35. The normalized spacial score (nSPS) is 22.8. The number of primary amides is 1. The number of nitrogens with zero attached hydrogens (tertiary/aromatic N) is 1. The molecule has 5 nitrogen and oxygen atoms in total. The number of nitrogens with two attached hydrogens (primary N) is 1. The number of hydrogen-bond acceptors (Lipinski definition) is 4. The lowest BCUT2D eigenvalue weighted by atomic mass is 9.78. The van der Waals surface area contributed by atoms with Crippen LogP contribution in [0.3, 0.4) is 0 Å². The molecule has 0 radical (unpaired) electrons. The summed E-state index contributed by atoms with van der Waals surface area (Å²) in [6.45, 7) is 8.22. The second-order valence-corrected chi connectivity index (χ2v) is 6.73. The van der Waals surface area contributed by atoms with Crippen LogP contribution in [0.4, 0.5) is 5.69 Å². The quantitative estimate of drug-likeness (QED) is 0.893. The van der Waals surface area contributed by atoms with E-state index in [2.05, 4.69) is 31.1 Å². The number of aromatic nitrogens is 1. The first-order valence-electron chi connectivity index (χ1n) is 7.49. The first-order chi connectivity index (χ1) is 9.89. The van der Waals surface area contributed by atoms with Crippen LogP contribution in [0.5, 0.6) is 0 Å². The number of pyridine rings is 1. The number of carbonyl (C=O) groups excluding carboxylic acids is 1. The Morgan fingerprint density at radius 3 is 2.95 bits per heavy atom. The zero-order chi connectivity index (χ0) is 15.5. The van der Waals surface area contributed by atoms with Gasteiger partial charge in [0.15, 0.2) is 0 Å². The molecule has 2 unspecified atom stereocenters. The second-order valence-electron chi connectivity index (χ2n) is 6.73. The largest absolute Gasteiger partial charge is 0.384 e. The van der Waals surface area contributed by atoms with Crippen LogP contribution in [-0.4, -0.2) is 30.1 Å². The lowest BCUT2D eigenvalue weighted by Gasteiger charge is -2.40. The number of ether oxygens (including phenoxy) is 1. The Bertz CT molecular complexity index is 497. The van der Waals surface area contributed by atoms with Gasteiger partial charge in [0.05, 0.1) is 17.4 Å². The van der Waals surface area contributed by atoms with Crippen LogP contribution in [0.1, 0.15) is 44.0 Å². The van der Waals surface area contributed by atoms with Crippen molar-refractivity contribution in [2.75, 3.05) is 18.5 Å². The number of rotatable bonds is 4. The minimum Gasteiger partial charge on any atom is -0.384 e. The molecule has 1 saturated heterocycles. The summed E-state index contributed by atoms with van der Waals surface area (Å²) in [6, 6.07) is 1.79. The molecule has 0 saturated carbocycles. The van der Waals surface area contributed by atoms with Crippen LogP contribution in [-0.2, 0) is 4.74 Å². The highest BCUT2D eigenvalue weighted by molar-refractivity contribution is 5.98. The van der Waals surface area contributed by atoms with Gasteiger partial charge in [0.25, 0.3) is 5.91 Å². The highest BCUT2D eigenvalue weighted by Gasteiger charge is 2.35. The van der Waals surface area contributed by atoms with Gasteiger partial charge in [-0.15, -0.1) is 0 Å². The number of hydrogen-bond donors (Lipinski definition) is 2. The predicted molar refractivity (Wildman–Crippen MR) is 83.2 cm³/mol. The third kappa shape index (κ3) is 3.94. The van der Waals surface area contributed by atoms with E-state index in [9.17, 15) is 4.79 Å². The fourth-order valence-electron chi connectivity index (χ4n) is 3.00. The van der Waals surface area contributed by atoms with Gasteiger partial charge in [-0.1, -0.05) is 20.8 Å². The molecule has 3 N–H and O–H groups in total. The van der Waals surface area contributed by atoms with E-state index in [1.807, 2.05) is 0 Å². The van der Waals surface area contributed by atoms with E-state index in [1.54, 1.807) is 12.3 Å². The van der Waals surface area contributed by atoms with Crippen LogP contribution < -0.4 is 11.1 Å². The van der Waals surface area contributed by atoms with Crippen LogP contribution >= 0.6 is 0 Å².